The van der Waals surface area contributed by atoms with Gasteiger partial charge in [0.15, 0.2) is 0 Å². The molecule has 1 heterocycles. The van der Waals surface area contributed by atoms with Gasteiger partial charge in [0.25, 0.3) is 0 Å². The summed E-state index contributed by atoms with van der Waals surface area (Å²) in [7, 11) is 1.94. The standard InChI is InChI=1S/C7H12ClN3/c1-11-5-2-7(6-10-11)9-4-3-8/h2,5-6,9-10H,3-4H2,1H3. The molecular weight excluding hydrogens is 162 g/mol. The molecule has 0 saturated carbocycles. The summed E-state index contributed by atoms with van der Waals surface area (Å²) >= 11 is 5.50. The number of halogens is 1. The van der Waals surface area contributed by atoms with Crippen LogP contribution in [0, 0.1) is 0 Å². The Morgan fingerprint density at radius 1 is 1.73 bits per heavy atom. The first-order chi connectivity index (χ1) is 5.33. The number of allylic oxidation sites excluding steroid dienone is 1. The van der Waals surface area contributed by atoms with Gasteiger partial charge in [-0.25, -0.2) is 0 Å². The third kappa shape index (κ3) is 2.72. The summed E-state index contributed by atoms with van der Waals surface area (Å²) in [6.07, 6.45) is 5.83. The fraction of sp³-hybridized carbons (Fsp3) is 0.429. The minimum Gasteiger partial charge on any atom is -0.383 e. The summed E-state index contributed by atoms with van der Waals surface area (Å²) in [5.74, 6) is 0.626. The Kier molecular flexibility index (Phi) is 3.11. The molecule has 0 aromatic carbocycles. The summed E-state index contributed by atoms with van der Waals surface area (Å²) in [6.45, 7) is 0.795. The molecule has 0 radical (unpaired) electrons. The van der Waals surface area contributed by atoms with Crippen molar-refractivity contribution in [1.82, 2.24) is 15.8 Å². The molecule has 0 bridgehead atoms. The Balaban J connectivity index is 2.31. The van der Waals surface area contributed by atoms with Gasteiger partial charge in [-0.05, 0) is 6.08 Å². The van der Waals surface area contributed by atoms with Crippen molar-refractivity contribution in [3.63, 3.8) is 0 Å². The van der Waals surface area contributed by atoms with Gasteiger partial charge >= 0.3 is 0 Å². The highest BCUT2D eigenvalue weighted by atomic mass is 35.5. The van der Waals surface area contributed by atoms with E-state index in [0.717, 1.165) is 12.2 Å². The van der Waals surface area contributed by atoms with E-state index in [1.54, 1.807) is 0 Å². The predicted molar refractivity (Wildman–Crippen MR) is 46.8 cm³/mol. The molecule has 4 heteroatoms. The molecule has 1 rings (SSSR count). The van der Waals surface area contributed by atoms with Crippen LogP contribution in [-0.4, -0.2) is 24.5 Å². The highest BCUT2D eigenvalue weighted by Gasteiger charge is 1.96. The molecule has 3 nitrogen and oxygen atoms in total. The zero-order valence-corrected chi connectivity index (χ0v) is 7.23. The van der Waals surface area contributed by atoms with E-state index >= 15 is 0 Å². The maximum Gasteiger partial charge on any atom is 0.0534 e. The predicted octanol–water partition coefficient (Wildman–Crippen LogP) is 0.620. The van der Waals surface area contributed by atoms with Crippen LogP contribution in [0.5, 0.6) is 0 Å². The monoisotopic (exact) mass is 173 g/mol. The van der Waals surface area contributed by atoms with Crippen molar-refractivity contribution in [2.75, 3.05) is 19.5 Å². The smallest absolute Gasteiger partial charge is 0.0534 e. The van der Waals surface area contributed by atoms with E-state index in [1.165, 1.54) is 0 Å². The summed E-state index contributed by atoms with van der Waals surface area (Å²) < 4.78 is 0. The van der Waals surface area contributed by atoms with Crippen molar-refractivity contribution < 1.29 is 0 Å². The molecule has 0 fully saturated rings. The maximum atomic E-state index is 5.50. The molecule has 2 N–H and O–H groups in total. The molecule has 0 atom stereocenters. The number of nitrogens with zero attached hydrogens (tertiary/aromatic N) is 1. The molecule has 11 heavy (non-hydrogen) atoms. The Morgan fingerprint density at radius 3 is 3.09 bits per heavy atom. The number of hydrogen-bond acceptors (Lipinski definition) is 3. The van der Waals surface area contributed by atoms with Gasteiger partial charge in [-0.15, -0.1) is 11.6 Å². The number of alkyl halides is 1. The fourth-order valence-corrected chi connectivity index (χ4v) is 0.851. The molecule has 1 aliphatic rings. The van der Waals surface area contributed by atoms with Crippen LogP contribution in [-0.2, 0) is 0 Å². The van der Waals surface area contributed by atoms with Gasteiger partial charge < -0.3 is 10.7 Å². The van der Waals surface area contributed by atoms with E-state index in [4.69, 9.17) is 11.6 Å². The van der Waals surface area contributed by atoms with Gasteiger partial charge in [0.2, 0.25) is 0 Å². The molecule has 0 aliphatic carbocycles. The molecule has 0 unspecified atom stereocenters. The normalized spacial score (nSPS) is 15.8. The maximum absolute atomic E-state index is 5.50. The second kappa shape index (κ2) is 4.13. The first-order valence-electron chi connectivity index (χ1n) is 3.50. The van der Waals surface area contributed by atoms with Crippen molar-refractivity contribution in [3.05, 3.63) is 24.2 Å². The first kappa shape index (κ1) is 8.27. The van der Waals surface area contributed by atoms with Crippen LogP contribution in [0.2, 0.25) is 0 Å². The summed E-state index contributed by atoms with van der Waals surface area (Å²) in [5, 5.41) is 5.01. The van der Waals surface area contributed by atoms with Crippen molar-refractivity contribution in [2.45, 2.75) is 0 Å². The van der Waals surface area contributed by atoms with Gasteiger partial charge in [0.05, 0.1) is 5.70 Å². The van der Waals surface area contributed by atoms with Crippen LogP contribution in [0.3, 0.4) is 0 Å². The fourth-order valence-electron chi connectivity index (χ4n) is 0.756. The van der Waals surface area contributed by atoms with Gasteiger partial charge in [-0.1, -0.05) is 0 Å². The number of hydrogen-bond donors (Lipinski definition) is 2. The molecular formula is C7H12ClN3. The summed E-state index contributed by atoms with van der Waals surface area (Å²) in [5.41, 5.74) is 4.08. The molecule has 0 saturated heterocycles. The lowest BCUT2D eigenvalue weighted by Crippen LogP contribution is -2.30. The Labute approximate surface area is 71.7 Å². The van der Waals surface area contributed by atoms with E-state index in [-0.39, 0.29) is 0 Å². The van der Waals surface area contributed by atoms with Crippen LogP contribution in [0.1, 0.15) is 0 Å². The number of hydrazine groups is 1. The zero-order chi connectivity index (χ0) is 8.10. The van der Waals surface area contributed by atoms with Crippen LogP contribution < -0.4 is 10.7 Å². The van der Waals surface area contributed by atoms with Crippen molar-refractivity contribution in [1.29, 1.82) is 0 Å². The van der Waals surface area contributed by atoms with Gasteiger partial charge in [0.1, 0.15) is 0 Å². The number of rotatable bonds is 3. The lowest BCUT2D eigenvalue weighted by Gasteiger charge is -2.19. The average Bonchev–Trinajstić information content (AvgIpc) is 2.04. The Hall–Kier alpha value is -0.830. The van der Waals surface area contributed by atoms with E-state index in [2.05, 4.69) is 10.7 Å². The lowest BCUT2D eigenvalue weighted by atomic mass is 10.4. The molecule has 62 valence electrons. The lowest BCUT2D eigenvalue weighted by molar-refractivity contribution is 0.378. The third-order valence-corrected chi connectivity index (χ3v) is 1.51. The van der Waals surface area contributed by atoms with Gasteiger partial charge in [0, 0.05) is 31.9 Å². The highest BCUT2D eigenvalue weighted by Crippen LogP contribution is 1.96. The van der Waals surface area contributed by atoms with E-state index in [9.17, 15) is 0 Å². The second-order valence-electron chi connectivity index (χ2n) is 2.27. The Bertz CT molecular complexity index is 177. The summed E-state index contributed by atoms with van der Waals surface area (Å²) in [4.78, 5) is 0. The van der Waals surface area contributed by atoms with E-state index < -0.39 is 0 Å². The Morgan fingerprint density at radius 2 is 2.55 bits per heavy atom. The topological polar surface area (TPSA) is 27.3 Å². The molecule has 0 spiro atoms. The molecule has 0 amide bonds. The van der Waals surface area contributed by atoms with Crippen LogP contribution >= 0.6 is 11.6 Å². The van der Waals surface area contributed by atoms with Crippen LogP contribution in [0.15, 0.2) is 24.2 Å². The van der Waals surface area contributed by atoms with Crippen molar-refractivity contribution in [2.24, 2.45) is 0 Å². The van der Waals surface area contributed by atoms with Gasteiger partial charge in [-0.2, -0.15) is 0 Å². The zero-order valence-electron chi connectivity index (χ0n) is 6.47. The molecule has 0 aromatic heterocycles. The largest absolute Gasteiger partial charge is 0.383 e. The average molecular weight is 174 g/mol. The summed E-state index contributed by atoms with van der Waals surface area (Å²) in [6, 6.07) is 0. The molecule has 0 aromatic rings. The minimum absolute atomic E-state index is 0.626. The van der Waals surface area contributed by atoms with Gasteiger partial charge in [-0.3, -0.25) is 5.01 Å². The third-order valence-electron chi connectivity index (χ3n) is 1.33. The van der Waals surface area contributed by atoms with E-state index in [1.807, 2.05) is 30.5 Å². The highest BCUT2D eigenvalue weighted by molar-refractivity contribution is 6.18. The van der Waals surface area contributed by atoms with Crippen LogP contribution in [0.4, 0.5) is 0 Å². The van der Waals surface area contributed by atoms with Crippen LogP contribution in [0.25, 0.3) is 0 Å². The second-order valence-corrected chi connectivity index (χ2v) is 2.65. The van der Waals surface area contributed by atoms with E-state index in [0.29, 0.717) is 5.88 Å². The molecule has 1 aliphatic heterocycles. The minimum atomic E-state index is 0.626. The first-order valence-corrected chi connectivity index (χ1v) is 4.03. The quantitative estimate of drug-likeness (QED) is 0.613. The SMILES string of the molecule is CN1C=CC(NCCCl)=CN1. The van der Waals surface area contributed by atoms with Crippen molar-refractivity contribution >= 4 is 11.6 Å². The number of nitrogens with one attached hydrogen (secondary N) is 2. The van der Waals surface area contributed by atoms with Crippen molar-refractivity contribution in [3.8, 4) is 0 Å².